The molecule has 1 saturated heterocycles. The second-order valence-corrected chi connectivity index (χ2v) is 7.78. The van der Waals surface area contributed by atoms with Gasteiger partial charge in [0.2, 0.25) is 0 Å². The molecule has 0 amide bonds. The van der Waals surface area contributed by atoms with E-state index in [4.69, 9.17) is 33.3 Å². The number of anilines is 1. The molecule has 6 nitrogen and oxygen atoms in total. The molecule has 2 aliphatic heterocycles. The Morgan fingerprint density at radius 1 is 1.31 bits per heavy atom. The summed E-state index contributed by atoms with van der Waals surface area (Å²) in [7, 11) is 1.48. The molecule has 2 aliphatic rings. The smallest absolute Gasteiger partial charge is 0.305 e. The molecular weight excluding hydrogens is 413 g/mol. The van der Waals surface area contributed by atoms with E-state index in [9.17, 15) is 4.79 Å². The Hall–Kier alpha value is -2.02. The van der Waals surface area contributed by atoms with Crippen molar-refractivity contribution in [1.82, 2.24) is 10.3 Å². The third-order valence-corrected chi connectivity index (χ3v) is 5.76. The van der Waals surface area contributed by atoms with Crippen LogP contribution in [0.3, 0.4) is 0 Å². The van der Waals surface area contributed by atoms with Crippen LogP contribution in [0, 0.1) is 0 Å². The number of carbonyl (C=O) groups is 1. The van der Waals surface area contributed by atoms with Crippen LogP contribution >= 0.6 is 23.2 Å². The van der Waals surface area contributed by atoms with Crippen LogP contribution in [0.5, 0.6) is 0 Å². The second kappa shape index (κ2) is 10.1. The van der Waals surface area contributed by atoms with Crippen LogP contribution in [0.25, 0.3) is 16.5 Å². The van der Waals surface area contributed by atoms with Crippen molar-refractivity contribution in [1.29, 1.82) is 0 Å². The maximum absolute atomic E-state index is 9.68. The number of carboxylic acid groups (broad SMARTS) is 1. The average Bonchev–Trinajstić information content (AvgIpc) is 3.43. The number of ether oxygens (including phenoxy) is 1. The molecule has 156 valence electrons. The molecule has 0 spiro atoms. The molecule has 1 aromatic heterocycles. The van der Waals surface area contributed by atoms with E-state index in [-0.39, 0.29) is 6.42 Å². The van der Waals surface area contributed by atoms with Crippen molar-refractivity contribution in [2.75, 3.05) is 38.3 Å². The van der Waals surface area contributed by atoms with Crippen LogP contribution in [-0.2, 0) is 9.53 Å². The van der Waals surface area contributed by atoms with E-state index in [1.54, 1.807) is 0 Å². The van der Waals surface area contributed by atoms with Crippen molar-refractivity contribution < 1.29 is 14.6 Å². The Labute approximate surface area is 180 Å². The van der Waals surface area contributed by atoms with Crippen molar-refractivity contribution in [3.05, 3.63) is 40.0 Å². The summed E-state index contributed by atoms with van der Waals surface area (Å²) in [5.41, 5.74) is 3.34. The van der Waals surface area contributed by atoms with E-state index in [2.05, 4.69) is 27.2 Å². The van der Waals surface area contributed by atoms with Gasteiger partial charge in [0.25, 0.3) is 0 Å². The minimum absolute atomic E-state index is 0.0938. The minimum atomic E-state index is -0.818. The molecule has 4 rings (SSSR count). The highest BCUT2D eigenvalue weighted by molar-refractivity contribution is 6.45. The first kappa shape index (κ1) is 21.7. The van der Waals surface area contributed by atoms with Gasteiger partial charge in [0.1, 0.15) is 5.82 Å². The highest BCUT2D eigenvalue weighted by Crippen LogP contribution is 2.37. The van der Waals surface area contributed by atoms with Gasteiger partial charge in [-0.15, -0.1) is 0 Å². The topological polar surface area (TPSA) is 74.7 Å². The van der Waals surface area contributed by atoms with E-state index < -0.39 is 5.97 Å². The number of benzene rings is 1. The fourth-order valence-corrected chi connectivity index (χ4v) is 3.83. The maximum atomic E-state index is 9.68. The van der Waals surface area contributed by atoms with Gasteiger partial charge in [0.15, 0.2) is 0 Å². The number of carboxylic acids is 1. The number of hydrogen-bond acceptors (Lipinski definition) is 5. The van der Waals surface area contributed by atoms with Crippen molar-refractivity contribution in [3.63, 3.8) is 0 Å². The summed E-state index contributed by atoms with van der Waals surface area (Å²) in [5.74, 6) is 0.193. The molecule has 29 heavy (non-hydrogen) atoms. The molecule has 0 saturated carbocycles. The molecule has 0 bridgehead atoms. The van der Waals surface area contributed by atoms with Gasteiger partial charge in [-0.3, -0.25) is 4.79 Å². The highest BCUT2D eigenvalue weighted by atomic mass is 35.5. The number of nitrogens with zero attached hydrogens (tertiary/aromatic N) is 2. The fraction of sp³-hybridized carbons (Fsp3) is 0.429. The first-order valence-electron chi connectivity index (χ1n) is 9.68. The van der Waals surface area contributed by atoms with Crippen LogP contribution in [0.15, 0.2) is 24.4 Å². The number of aliphatic carboxylic acids is 1. The molecular formula is C21H25Cl2N3O3. The van der Waals surface area contributed by atoms with Crippen molar-refractivity contribution in [3.8, 4) is 0 Å². The summed E-state index contributed by atoms with van der Waals surface area (Å²) >= 11 is 12.6. The summed E-state index contributed by atoms with van der Waals surface area (Å²) in [6.45, 7) is 3.41. The highest BCUT2D eigenvalue weighted by Gasteiger charge is 2.20. The quantitative estimate of drug-likeness (QED) is 0.712. The molecule has 0 unspecified atom stereocenters. The summed E-state index contributed by atoms with van der Waals surface area (Å²) < 4.78 is 4.47. The van der Waals surface area contributed by atoms with Gasteiger partial charge >= 0.3 is 5.97 Å². The zero-order valence-electron chi connectivity index (χ0n) is 16.4. The van der Waals surface area contributed by atoms with Crippen LogP contribution in [0.4, 0.5) is 5.82 Å². The lowest BCUT2D eigenvalue weighted by molar-refractivity contribution is -0.137. The third-order valence-electron chi connectivity index (χ3n) is 4.97. The van der Waals surface area contributed by atoms with Gasteiger partial charge < -0.3 is 20.1 Å². The van der Waals surface area contributed by atoms with Gasteiger partial charge in [-0.1, -0.05) is 29.3 Å². The lowest BCUT2D eigenvalue weighted by atomic mass is 10.0. The predicted octanol–water partition coefficient (Wildman–Crippen LogP) is 4.58. The SMILES string of the molecule is COCCC(=O)O.Clc1ccc2c(C3=CNCC3)cc(N3CCCC3)nc2c1Cl. The van der Waals surface area contributed by atoms with Crippen LogP contribution in [0.2, 0.25) is 10.0 Å². The minimum Gasteiger partial charge on any atom is -0.481 e. The van der Waals surface area contributed by atoms with Gasteiger partial charge in [0.05, 0.1) is 28.6 Å². The van der Waals surface area contributed by atoms with E-state index >= 15 is 0 Å². The number of pyridine rings is 1. The van der Waals surface area contributed by atoms with Crippen LogP contribution in [-0.4, -0.2) is 49.4 Å². The molecule has 3 heterocycles. The number of nitrogens with one attached hydrogen (secondary N) is 1. The number of fused-ring (bicyclic) bond motifs is 1. The van der Waals surface area contributed by atoms with Crippen molar-refractivity contribution in [2.24, 2.45) is 0 Å². The molecule has 8 heteroatoms. The Kier molecular flexibility index (Phi) is 7.58. The molecule has 0 atom stereocenters. The van der Waals surface area contributed by atoms with Gasteiger partial charge in [-0.05, 0) is 42.5 Å². The van der Waals surface area contributed by atoms with E-state index in [0.29, 0.717) is 16.7 Å². The normalized spacial score (nSPS) is 15.7. The number of rotatable bonds is 5. The zero-order chi connectivity index (χ0) is 20.8. The van der Waals surface area contributed by atoms with E-state index in [1.807, 2.05) is 12.1 Å². The third kappa shape index (κ3) is 5.32. The Balaban J connectivity index is 0.000000298. The van der Waals surface area contributed by atoms with E-state index in [0.717, 1.165) is 42.8 Å². The zero-order valence-corrected chi connectivity index (χ0v) is 17.9. The van der Waals surface area contributed by atoms with Crippen molar-refractivity contribution in [2.45, 2.75) is 25.7 Å². The molecule has 2 N–H and O–H groups in total. The Bertz CT molecular complexity index is 912. The van der Waals surface area contributed by atoms with E-state index in [1.165, 1.54) is 31.1 Å². The Morgan fingerprint density at radius 3 is 2.66 bits per heavy atom. The maximum Gasteiger partial charge on any atom is 0.305 e. The lowest BCUT2D eigenvalue weighted by Gasteiger charge is -2.19. The number of hydrogen-bond donors (Lipinski definition) is 2. The molecule has 2 aromatic rings. The number of methoxy groups -OCH3 is 1. The van der Waals surface area contributed by atoms with Gasteiger partial charge in [-0.25, -0.2) is 4.98 Å². The second-order valence-electron chi connectivity index (χ2n) is 6.99. The van der Waals surface area contributed by atoms with Gasteiger partial charge in [-0.2, -0.15) is 0 Å². The monoisotopic (exact) mass is 437 g/mol. The predicted molar refractivity (Wildman–Crippen MR) is 118 cm³/mol. The number of aromatic nitrogens is 1. The summed E-state index contributed by atoms with van der Waals surface area (Å²) in [6, 6.07) is 6.09. The summed E-state index contributed by atoms with van der Waals surface area (Å²) in [6.07, 6.45) is 5.67. The van der Waals surface area contributed by atoms with Gasteiger partial charge in [0, 0.05) is 38.3 Å². The molecule has 0 radical (unpaired) electrons. The van der Waals surface area contributed by atoms with Crippen LogP contribution in [0.1, 0.15) is 31.2 Å². The molecule has 1 aromatic carbocycles. The first-order valence-corrected chi connectivity index (χ1v) is 10.4. The lowest BCUT2D eigenvalue weighted by Crippen LogP contribution is -2.19. The average molecular weight is 438 g/mol. The fourth-order valence-electron chi connectivity index (χ4n) is 3.47. The first-order chi connectivity index (χ1) is 14.0. The molecule has 0 aliphatic carbocycles. The summed E-state index contributed by atoms with van der Waals surface area (Å²) in [5, 5.41) is 13.4. The largest absolute Gasteiger partial charge is 0.481 e. The Morgan fingerprint density at radius 2 is 2.07 bits per heavy atom. The molecule has 1 fully saturated rings. The van der Waals surface area contributed by atoms with Crippen LogP contribution < -0.4 is 10.2 Å². The standard InChI is InChI=1S/C17H17Cl2N3.C4H8O3/c18-14-4-3-12-13(11-5-6-20-10-11)9-15(21-17(12)16(14)19)22-7-1-2-8-22;1-7-3-2-4(5)6/h3-4,9-10,20H,1-2,5-8H2;2-3H2,1H3,(H,5,6). The number of halogens is 2. The summed E-state index contributed by atoms with van der Waals surface area (Å²) in [4.78, 5) is 16.8. The van der Waals surface area contributed by atoms with Crippen molar-refractivity contribution >= 4 is 51.5 Å².